The molecule has 0 radical (unpaired) electrons. The molecular weight excluding hydrogens is 239 g/mol. The number of hydrogen-bond donors (Lipinski definition) is 1. The molecule has 4 nitrogen and oxygen atoms in total. The summed E-state index contributed by atoms with van der Waals surface area (Å²) in [4.78, 5) is 22.4. The van der Waals surface area contributed by atoms with E-state index >= 15 is 0 Å². The average molecular weight is 251 g/mol. The van der Waals surface area contributed by atoms with Crippen molar-refractivity contribution in [3.05, 3.63) is 0 Å². The van der Waals surface area contributed by atoms with Gasteiger partial charge in [-0.25, -0.2) is 0 Å². The summed E-state index contributed by atoms with van der Waals surface area (Å²) in [6, 6.07) is -0.409. The van der Waals surface area contributed by atoms with Gasteiger partial charge in [0.15, 0.2) is 0 Å². The summed E-state index contributed by atoms with van der Waals surface area (Å²) in [6.45, 7) is 0.0871. The Labute approximate surface area is 95.4 Å². The number of nitrogens with zero attached hydrogens (tertiary/aromatic N) is 1. The van der Waals surface area contributed by atoms with Crippen LogP contribution in [0, 0.1) is 11.8 Å². The van der Waals surface area contributed by atoms with E-state index in [0.29, 0.717) is 12.8 Å². The molecule has 3 unspecified atom stereocenters. The first-order valence-corrected chi connectivity index (χ1v) is 5.40. The minimum absolute atomic E-state index is 0.0186. The summed E-state index contributed by atoms with van der Waals surface area (Å²) in [5.74, 6) is -2.88. The maximum absolute atomic E-state index is 12.2. The van der Waals surface area contributed by atoms with E-state index in [-0.39, 0.29) is 24.8 Å². The van der Waals surface area contributed by atoms with Crippen LogP contribution in [0.1, 0.15) is 19.3 Å². The fraction of sp³-hybridized carbons (Fsp3) is 0.800. The standard InChI is InChI=1S/C10H12F3NO3/c11-10(12,13)9(17)14-2-1-6-5(3-7(6)14)4-8(15)16/h5-7H,1-4H2,(H,15,16). The first-order chi connectivity index (χ1) is 7.80. The van der Waals surface area contributed by atoms with Crippen LogP contribution in [-0.4, -0.2) is 40.6 Å². The normalized spacial score (nSPS) is 31.9. The molecule has 1 aliphatic heterocycles. The predicted octanol–water partition coefficient (Wildman–Crippen LogP) is 1.26. The van der Waals surface area contributed by atoms with Crippen LogP contribution in [0.4, 0.5) is 13.2 Å². The number of alkyl halides is 3. The van der Waals surface area contributed by atoms with Crippen LogP contribution in [0.3, 0.4) is 0 Å². The molecule has 2 aliphatic rings. The minimum atomic E-state index is -4.83. The fourth-order valence-electron chi connectivity index (χ4n) is 2.89. The Balaban J connectivity index is 1.96. The van der Waals surface area contributed by atoms with Crippen LogP contribution in [0.15, 0.2) is 0 Å². The Morgan fingerprint density at radius 2 is 2.00 bits per heavy atom. The molecule has 0 aromatic rings. The van der Waals surface area contributed by atoms with Crippen LogP contribution >= 0.6 is 0 Å². The summed E-state index contributed by atoms with van der Waals surface area (Å²) in [7, 11) is 0. The van der Waals surface area contributed by atoms with Crippen molar-refractivity contribution < 1.29 is 27.9 Å². The molecule has 17 heavy (non-hydrogen) atoms. The predicted molar refractivity (Wildman–Crippen MR) is 50.0 cm³/mol. The zero-order chi connectivity index (χ0) is 12.8. The van der Waals surface area contributed by atoms with Gasteiger partial charge in [0.2, 0.25) is 0 Å². The van der Waals surface area contributed by atoms with Crippen LogP contribution in [0.5, 0.6) is 0 Å². The molecule has 1 saturated heterocycles. The number of likely N-dealkylation sites (tertiary alicyclic amines) is 1. The molecule has 1 amide bonds. The van der Waals surface area contributed by atoms with Crippen molar-refractivity contribution in [2.24, 2.45) is 11.8 Å². The highest BCUT2D eigenvalue weighted by atomic mass is 19.4. The highest BCUT2D eigenvalue weighted by molar-refractivity contribution is 5.82. The van der Waals surface area contributed by atoms with Gasteiger partial charge in [0, 0.05) is 19.0 Å². The number of carboxylic acid groups (broad SMARTS) is 1. The van der Waals surface area contributed by atoms with E-state index in [2.05, 4.69) is 0 Å². The molecule has 2 rings (SSSR count). The van der Waals surface area contributed by atoms with Crippen molar-refractivity contribution in [3.63, 3.8) is 0 Å². The highest BCUT2D eigenvalue weighted by Crippen LogP contribution is 2.47. The molecule has 0 spiro atoms. The van der Waals surface area contributed by atoms with Crippen molar-refractivity contribution in [1.29, 1.82) is 0 Å². The van der Waals surface area contributed by atoms with Crippen LogP contribution in [0.25, 0.3) is 0 Å². The Morgan fingerprint density at radius 1 is 1.35 bits per heavy atom. The van der Waals surface area contributed by atoms with E-state index in [1.165, 1.54) is 0 Å². The average Bonchev–Trinajstić information content (AvgIpc) is 2.49. The quantitative estimate of drug-likeness (QED) is 0.803. The van der Waals surface area contributed by atoms with Crippen molar-refractivity contribution in [3.8, 4) is 0 Å². The molecule has 7 heteroatoms. The van der Waals surface area contributed by atoms with Gasteiger partial charge in [-0.1, -0.05) is 0 Å². The first-order valence-electron chi connectivity index (χ1n) is 5.40. The maximum Gasteiger partial charge on any atom is 0.471 e. The number of carbonyl (C=O) groups excluding carboxylic acids is 1. The number of carboxylic acids is 1. The SMILES string of the molecule is O=C(O)CC1CC2C1CCN2C(=O)C(F)(F)F. The second-order valence-corrected chi connectivity index (χ2v) is 4.61. The van der Waals surface area contributed by atoms with Gasteiger partial charge < -0.3 is 10.0 Å². The molecule has 1 N–H and O–H groups in total. The number of rotatable bonds is 2. The van der Waals surface area contributed by atoms with Gasteiger partial charge in [-0.3, -0.25) is 9.59 Å². The molecule has 0 aromatic heterocycles. The van der Waals surface area contributed by atoms with Crippen molar-refractivity contribution in [1.82, 2.24) is 4.90 Å². The van der Waals surface area contributed by atoms with Gasteiger partial charge in [-0.2, -0.15) is 13.2 Å². The highest BCUT2D eigenvalue weighted by Gasteiger charge is 2.54. The third-order valence-corrected chi connectivity index (χ3v) is 3.69. The summed E-state index contributed by atoms with van der Waals surface area (Å²) in [6.07, 6.45) is -3.99. The summed E-state index contributed by atoms with van der Waals surface area (Å²) in [5.41, 5.74) is 0. The van der Waals surface area contributed by atoms with Crippen LogP contribution < -0.4 is 0 Å². The van der Waals surface area contributed by atoms with E-state index in [1.54, 1.807) is 0 Å². The van der Waals surface area contributed by atoms with E-state index < -0.39 is 24.1 Å². The fourth-order valence-corrected chi connectivity index (χ4v) is 2.89. The molecule has 0 aromatic carbocycles. The summed E-state index contributed by atoms with van der Waals surface area (Å²) >= 11 is 0. The van der Waals surface area contributed by atoms with Crippen LogP contribution in [0.2, 0.25) is 0 Å². The van der Waals surface area contributed by atoms with Gasteiger partial charge in [0.1, 0.15) is 0 Å². The van der Waals surface area contributed by atoms with Gasteiger partial charge in [-0.15, -0.1) is 0 Å². The Morgan fingerprint density at radius 3 is 2.53 bits per heavy atom. The van der Waals surface area contributed by atoms with E-state index in [1.807, 2.05) is 0 Å². The van der Waals surface area contributed by atoms with Gasteiger partial charge in [0.25, 0.3) is 0 Å². The minimum Gasteiger partial charge on any atom is -0.481 e. The van der Waals surface area contributed by atoms with Crippen molar-refractivity contribution >= 4 is 11.9 Å². The number of aliphatic carboxylic acids is 1. The number of carbonyl (C=O) groups is 2. The van der Waals surface area contributed by atoms with Gasteiger partial charge >= 0.3 is 18.1 Å². The number of fused-ring (bicyclic) bond motifs is 1. The molecule has 3 atom stereocenters. The lowest BCUT2D eigenvalue weighted by Gasteiger charge is -2.43. The zero-order valence-corrected chi connectivity index (χ0v) is 8.91. The lowest BCUT2D eigenvalue weighted by Crippen LogP contribution is -2.52. The topological polar surface area (TPSA) is 57.6 Å². The third kappa shape index (κ3) is 2.10. The van der Waals surface area contributed by atoms with E-state index in [0.717, 1.165) is 4.90 Å². The van der Waals surface area contributed by atoms with Gasteiger partial charge in [-0.05, 0) is 24.7 Å². The smallest absolute Gasteiger partial charge is 0.471 e. The molecule has 1 saturated carbocycles. The largest absolute Gasteiger partial charge is 0.481 e. The lowest BCUT2D eigenvalue weighted by molar-refractivity contribution is -0.188. The Bertz CT molecular complexity index is 355. The number of amides is 1. The molecule has 96 valence electrons. The van der Waals surface area contributed by atoms with E-state index in [4.69, 9.17) is 5.11 Å². The van der Waals surface area contributed by atoms with Crippen molar-refractivity contribution in [2.75, 3.05) is 6.54 Å². The first kappa shape index (κ1) is 12.2. The Hall–Kier alpha value is -1.27. The third-order valence-electron chi connectivity index (χ3n) is 3.69. The molecular formula is C10H12F3NO3. The monoisotopic (exact) mass is 251 g/mol. The molecule has 2 fully saturated rings. The lowest BCUT2D eigenvalue weighted by atomic mass is 9.68. The maximum atomic E-state index is 12.2. The second kappa shape index (κ2) is 3.89. The number of halogens is 3. The van der Waals surface area contributed by atoms with E-state index in [9.17, 15) is 22.8 Å². The molecule has 1 aliphatic carbocycles. The van der Waals surface area contributed by atoms with Crippen molar-refractivity contribution in [2.45, 2.75) is 31.5 Å². The molecule has 1 heterocycles. The second-order valence-electron chi connectivity index (χ2n) is 4.61. The molecule has 0 bridgehead atoms. The zero-order valence-electron chi connectivity index (χ0n) is 8.91. The Kier molecular flexibility index (Phi) is 2.79. The summed E-state index contributed by atoms with van der Waals surface area (Å²) in [5, 5.41) is 8.61. The van der Waals surface area contributed by atoms with Gasteiger partial charge in [0.05, 0.1) is 0 Å². The van der Waals surface area contributed by atoms with Crippen LogP contribution in [-0.2, 0) is 9.59 Å². The number of hydrogen-bond acceptors (Lipinski definition) is 2. The summed E-state index contributed by atoms with van der Waals surface area (Å²) < 4.78 is 36.7.